The molecule has 5 heteroatoms. The first-order valence-electron chi connectivity index (χ1n) is 6.16. The van der Waals surface area contributed by atoms with E-state index < -0.39 is 5.82 Å². The highest BCUT2D eigenvalue weighted by atomic mass is 19.1. The molecule has 3 nitrogen and oxygen atoms in total. The largest absolute Gasteiger partial charge is 0.381 e. The average Bonchev–Trinajstić information content (AvgIpc) is 2.37. The molecule has 0 atom stereocenters. The predicted octanol–water partition coefficient (Wildman–Crippen LogP) is 2.02. The molecule has 0 saturated carbocycles. The van der Waals surface area contributed by atoms with Gasteiger partial charge in [-0.3, -0.25) is 4.90 Å². The van der Waals surface area contributed by atoms with E-state index >= 15 is 0 Å². The summed E-state index contributed by atoms with van der Waals surface area (Å²) < 4.78 is 32.1. The minimum Gasteiger partial charge on any atom is -0.381 e. The summed E-state index contributed by atoms with van der Waals surface area (Å²) in [5.41, 5.74) is 0.553. The molecule has 2 rings (SSSR count). The lowest BCUT2D eigenvalue weighted by molar-refractivity contribution is 0.0398. The highest BCUT2D eigenvalue weighted by molar-refractivity contribution is 5.46. The van der Waals surface area contributed by atoms with Gasteiger partial charge >= 0.3 is 0 Å². The monoisotopic (exact) mass is 256 g/mol. The van der Waals surface area contributed by atoms with Crippen molar-refractivity contribution in [1.82, 2.24) is 4.90 Å². The van der Waals surface area contributed by atoms with Crippen molar-refractivity contribution in [3.8, 4) is 0 Å². The topological polar surface area (TPSA) is 24.5 Å². The number of nitrogens with zero attached hydrogens (tertiary/aromatic N) is 1. The van der Waals surface area contributed by atoms with Gasteiger partial charge in [0.1, 0.15) is 11.6 Å². The highest BCUT2D eigenvalue weighted by Crippen LogP contribution is 2.18. The van der Waals surface area contributed by atoms with Crippen LogP contribution in [-0.4, -0.2) is 44.3 Å². The fourth-order valence-electron chi connectivity index (χ4n) is 1.96. The number of ether oxygens (including phenoxy) is 1. The van der Waals surface area contributed by atoms with E-state index in [-0.39, 0.29) is 11.5 Å². The zero-order valence-electron chi connectivity index (χ0n) is 10.5. The van der Waals surface area contributed by atoms with Crippen molar-refractivity contribution in [2.75, 3.05) is 44.7 Å². The molecule has 0 spiro atoms. The summed E-state index contributed by atoms with van der Waals surface area (Å²) in [6.07, 6.45) is 0. The van der Waals surface area contributed by atoms with E-state index in [1.165, 1.54) is 12.1 Å². The van der Waals surface area contributed by atoms with Gasteiger partial charge in [0.05, 0.1) is 18.9 Å². The molecule has 1 aromatic carbocycles. The summed E-state index contributed by atoms with van der Waals surface area (Å²) in [5.74, 6) is -0.791. The standard InChI is InChI=1S/C13H18F2N2O/c1-10-8-12(15)13(9-11(10)14)16-2-3-17-4-6-18-7-5-17/h8-9,16H,2-7H2,1H3. The first kappa shape index (κ1) is 13.2. The summed E-state index contributed by atoms with van der Waals surface area (Å²) in [6, 6.07) is 2.43. The van der Waals surface area contributed by atoms with Gasteiger partial charge in [0.2, 0.25) is 0 Å². The number of anilines is 1. The van der Waals surface area contributed by atoms with Crippen LogP contribution < -0.4 is 5.32 Å². The minimum atomic E-state index is -0.407. The molecule has 100 valence electrons. The Kier molecular flexibility index (Phi) is 4.49. The Hall–Kier alpha value is -1.20. The van der Waals surface area contributed by atoms with E-state index in [2.05, 4.69) is 10.2 Å². The lowest BCUT2D eigenvalue weighted by Gasteiger charge is -2.26. The van der Waals surface area contributed by atoms with Gasteiger partial charge < -0.3 is 10.1 Å². The zero-order chi connectivity index (χ0) is 13.0. The Morgan fingerprint density at radius 2 is 1.94 bits per heavy atom. The van der Waals surface area contributed by atoms with Crippen LogP contribution in [0.1, 0.15) is 5.56 Å². The summed E-state index contributed by atoms with van der Waals surface area (Å²) >= 11 is 0. The van der Waals surface area contributed by atoms with Crippen LogP contribution in [-0.2, 0) is 4.74 Å². The first-order chi connectivity index (χ1) is 8.66. The van der Waals surface area contributed by atoms with Crippen molar-refractivity contribution in [2.45, 2.75) is 6.92 Å². The molecule has 0 aromatic heterocycles. The molecule has 1 N–H and O–H groups in total. The van der Waals surface area contributed by atoms with Gasteiger partial charge in [0, 0.05) is 32.2 Å². The van der Waals surface area contributed by atoms with Crippen LogP contribution >= 0.6 is 0 Å². The Morgan fingerprint density at radius 3 is 2.67 bits per heavy atom. The normalized spacial score (nSPS) is 16.8. The number of benzene rings is 1. The van der Waals surface area contributed by atoms with E-state index in [4.69, 9.17) is 4.74 Å². The molecule has 0 unspecified atom stereocenters. The van der Waals surface area contributed by atoms with Crippen molar-refractivity contribution < 1.29 is 13.5 Å². The molecule has 0 bridgehead atoms. The average molecular weight is 256 g/mol. The second-order valence-electron chi connectivity index (χ2n) is 4.46. The third kappa shape index (κ3) is 3.40. The smallest absolute Gasteiger partial charge is 0.146 e. The molecule has 18 heavy (non-hydrogen) atoms. The van der Waals surface area contributed by atoms with E-state index in [9.17, 15) is 8.78 Å². The maximum Gasteiger partial charge on any atom is 0.146 e. The van der Waals surface area contributed by atoms with Gasteiger partial charge in [-0.15, -0.1) is 0 Å². The van der Waals surface area contributed by atoms with Crippen molar-refractivity contribution in [3.05, 3.63) is 29.3 Å². The SMILES string of the molecule is Cc1cc(F)c(NCCN2CCOCC2)cc1F. The van der Waals surface area contributed by atoms with Gasteiger partial charge in [-0.1, -0.05) is 0 Å². The maximum absolute atomic E-state index is 13.5. The van der Waals surface area contributed by atoms with Gasteiger partial charge in [0.25, 0.3) is 0 Å². The molecule has 1 fully saturated rings. The van der Waals surface area contributed by atoms with Crippen LogP contribution in [0.3, 0.4) is 0 Å². The Bertz CT molecular complexity index is 406. The molecule has 1 saturated heterocycles. The number of nitrogens with one attached hydrogen (secondary N) is 1. The second kappa shape index (κ2) is 6.11. The molecule has 0 radical (unpaired) electrons. The molecule has 1 heterocycles. The van der Waals surface area contributed by atoms with Crippen LogP contribution in [0.5, 0.6) is 0 Å². The summed E-state index contributed by atoms with van der Waals surface area (Å²) in [6.45, 7) is 6.23. The summed E-state index contributed by atoms with van der Waals surface area (Å²) in [7, 11) is 0. The maximum atomic E-state index is 13.5. The Morgan fingerprint density at radius 1 is 1.22 bits per heavy atom. The number of morpholine rings is 1. The number of hydrogen-bond acceptors (Lipinski definition) is 3. The van der Waals surface area contributed by atoms with Crippen LogP contribution in [0.15, 0.2) is 12.1 Å². The molecular weight excluding hydrogens is 238 g/mol. The summed E-state index contributed by atoms with van der Waals surface area (Å²) in [5, 5.41) is 2.93. The molecular formula is C13H18F2N2O. The number of halogens is 2. The lowest BCUT2D eigenvalue weighted by Crippen LogP contribution is -2.39. The van der Waals surface area contributed by atoms with Crippen LogP contribution in [0.2, 0.25) is 0 Å². The molecule has 1 aliphatic rings. The molecule has 1 aliphatic heterocycles. The van der Waals surface area contributed by atoms with E-state index in [1.807, 2.05) is 0 Å². The fraction of sp³-hybridized carbons (Fsp3) is 0.538. The van der Waals surface area contributed by atoms with E-state index in [0.29, 0.717) is 12.1 Å². The van der Waals surface area contributed by atoms with E-state index in [0.717, 1.165) is 32.8 Å². The first-order valence-corrected chi connectivity index (χ1v) is 6.16. The van der Waals surface area contributed by atoms with Gasteiger partial charge in [-0.2, -0.15) is 0 Å². The Labute approximate surface area is 106 Å². The fourth-order valence-corrected chi connectivity index (χ4v) is 1.96. The van der Waals surface area contributed by atoms with Crippen LogP contribution in [0.4, 0.5) is 14.5 Å². The van der Waals surface area contributed by atoms with Crippen LogP contribution in [0.25, 0.3) is 0 Å². The number of aryl methyl sites for hydroxylation is 1. The predicted molar refractivity (Wildman–Crippen MR) is 66.8 cm³/mol. The number of hydrogen-bond donors (Lipinski definition) is 1. The third-order valence-electron chi connectivity index (χ3n) is 3.10. The van der Waals surface area contributed by atoms with E-state index in [1.54, 1.807) is 6.92 Å². The molecule has 1 aromatic rings. The van der Waals surface area contributed by atoms with Crippen molar-refractivity contribution >= 4 is 5.69 Å². The Balaban J connectivity index is 1.84. The quantitative estimate of drug-likeness (QED) is 0.892. The molecule has 0 amide bonds. The molecule has 0 aliphatic carbocycles. The third-order valence-corrected chi connectivity index (χ3v) is 3.10. The minimum absolute atomic E-state index is 0.228. The number of rotatable bonds is 4. The van der Waals surface area contributed by atoms with Crippen LogP contribution in [0, 0.1) is 18.6 Å². The lowest BCUT2D eigenvalue weighted by atomic mass is 10.2. The van der Waals surface area contributed by atoms with Crippen molar-refractivity contribution in [2.24, 2.45) is 0 Å². The van der Waals surface area contributed by atoms with Crippen molar-refractivity contribution in [3.63, 3.8) is 0 Å². The van der Waals surface area contributed by atoms with Crippen molar-refractivity contribution in [1.29, 1.82) is 0 Å². The van der Waals surface area contributed by atoms with Gasteiger partial charge in [0.15, 0.2) is 0 Å². The van der Waals surface area contributed by atoms with Gasteiger partial charge in [-0.25, -0.2) is 8.78 Å². The zero-order valence-corrected chi connectivity index (χ0v) is 10.5. The highest BCUT2D eigenvalue weighted by Gasteiger charge is 2.10. The van der Waals surface area contributed by atoms with Gasteiger partial charge in [-0.05, 0) is 18.6 Å². The summed E-state index contributed by atoms with van der Waals surface area (Å²) in [4.78, 5) is 2.24. The second-order valence-corrected chi connectivity index (χ2v) is 4.46.